The van der Waals surface area contributed by atoms with Crippen molar-refractivity contribution in [2.75, 3.05) is 0 Å². The summed E-state index contributed by atoms with van der Waals surface area (Å²) in [6.07, 6.45) is 0.701. The maximum absolute atomic E-state index is 11.0. The molecule has 0 fully saturated rings. The maximum Gasteiger partial charge on any atom is 0.356 e. The summed E-state index contributed by atoms with van der Waals surface area (Å²) >= 11 is 5.97. The summed E-state index contributed by atoms with van der Waals surface area (Å²) in [4.78, 5) is 11.0. The number of nitrogens with zero attached hydrogens (tertiary/aromatic N) is 2. The number of rotatable bonds is 3. The molecule has 1 heterocycles. The van der Waals surface area contributed by atoms with Crippen LogP contribution in [-0.4, -0.2) is 20.9 Å². The Kier molecular flexibility index (Phi) is 3.39. The molecule has 2 rings (SSSR count). The molecule has 18 heavy (non-hydrogen) atoms. The summed E-state index contributed by atoms with van der Waals surface area (Å²) in [7, 11) is 0. The number of halogens is 1. The molecule has 0 amide bonds. The van der Waals surface area contributed by atoms with Crippen molar-refractivity contribution >= 4 is 17.6 Å². The molecule has 1 N–H and O–H groups in total. The molecule has 0 saturated heterocycles. The number of benzene rings is 1. The molecule has 0 aliphatic heterocycles. The second-order valence-electron chi connectivity index (χ2n) is 4.02. The van der Waals surface area contributed by atoms with Crippen LogP contribution in [0, 0.1) is 6.92 Å². The second-order valence-corrected chi connectivity index (χ2v) is 4.46. The molecule has 0 atom stereocenters. The third-order valence-corrected chi connectivity index (χ3v) is 3.00. The van der Waals surface area contributed by atoms with Gasteiger partial charge in [-0.25, -0.2) is 9.48 Å². The summed E-state index contributed by atoms with van der Waals surface area (Å²) < 4.78 is 1.64. The quantitative estimate of drug-likeness (QED) is 0.927. The molecule has 5 heteroatoms. The van der Waals surface area contributed by atoms with Gasteiger partial charge in [0.2, 0.25) is 0 Å². The number of aromatic carboxylic acids is 1. The fourth-order valence-electron chi connectivity index (χ4n) is 1.80. The highest BCUT2D eigenvalue weighted by molar-refractivity contribution is 6.30. The minimum atomic E-state index is -1.02. The highest BCUT2D eigenvalue weighted by Crippen LogP contribution is 2.21. The molecule has 0 unspecified atom stereocenters. The smallest absolute Gasteiger partial charge is 0.356 e. The number of hydrogen-bond donors (Lipinski definition) is 1. The fraction of sp³-hybridized carbons (Fsp3) is 0.231. The first-order chi connectivity index (χ1) is 8.52. The van der Waals surface area contributed by atoms with Crippen LogP contribution in [0.1, 0.15) is 28.7 Å². The summed E-state index contributed by atoms with van der Waals surface area (Å²) in [6, 6.07) is 7.06. The number of aryl methyl sites for hydroxylation is 2. The van der Waals surface area contributed by atoms with E-state index in [9.17, 15) is 4.79 Å². The highest BCUT2D eigenvalue weighted by Gasteiger charge is 2.14. The van der Waals surface area contributed by atoms with Gasteiger partial charge in [-0.05, 0) is 37.1 Å². The van der Waals surface area contributed by atoms with Crippen molar-refractivity contribution < 1.29 is 9.90 Å². The zero-order chi connectivity index (χ0) is 13.3. The van der Waals surface area contributed by atoms with Gasteiger partial charge in [0.25, 0.3) is 0 Å². The summed E-state index contributed by atoms with van der Waals surface area (Å²) in [5, 5.41) is 13.7. The van der Waals surface area contributed by atoms with Gasteiger partial charge in [-0.1, -0.05) is 24.6 Å². The van der Waals surface area contributed by atoms with Crippen molar-refractivity contribution in [3.63, 3.8) is 0 Å². The van der Waals surface area contributed by atoms with Gasteiger partial charge in [-0.2, -0.15) is 5.10 Å². The van der Waals surface area contributed by atoms with Crippen LogP contribution in [0.5, 0.6) is 0 Å². The molecule has 0 aliphatic carbocycles. The second kappa shape index (κ2) is 4.82. The molecule has 2 aromatic rings. The van der Waals surface area contributed by atoms with E-state index < -0.39 is 5.97 Å². The van der Waals surface area contributed by atoms with Crippen LogP contribution in [0.2, 0.25) is 5.02 Å². The van der Waals surface area contributed by atoms with Crippen LogP contribution in [0.25, 0.3) is 5.69 Å². The predicted octanol–water partition coefficient (Wildman–Crippen LogP) is 3.09. The van der Waals surface area contributed by atoms with Crippen LogP contribution in [0.4, 0.5) is 0 Å². The average Bonchev–Trinajstić information content (AvgIpc) is 2.76. The van der Waals surface area contributed by atoms with Gasteiger partial charge in [0, 0.05) is 10.7 Å². The Hall–Kier alpha value is -1.81. The van der Waals surface area contributed by atoms with Crippen LogP contribution in [0.15, 0.2) is 24.3 Å². The minimum Gasteiger partial charge on any atom is -0.476 e. The zero-order valence-electron chi connectivity index (χ0n) is 10.1. The molecular weight excluding hydrogens is 252 g/mol. The standard InChI is InChI=1S/C13H13ClN2O2/c1-3-10-7-11(13(17)18)15-16(10)12-6-9(14)5-4-8(12)2/h4-7H,3H2,1-2H3,(H,17,18). The fourth-order valence-corrected chi connectivity index (χ4v) is 1.96. The van der Waals surface area contributed by atoms with E-state index in [1.807, 2.05) is 19.9 Å². The van der Waals surface area contributed by atoms with Crippen molar-refractivity contribution in [2.45, 2.75) is 20.3 Å². The van der Waals surface area contributed by atoms with Crippen LogP contribution in [0.3, 0.4) is 0 Å². The maximum atomic E-state index is 11.0. The lowest BCUT2D eigenvalue weighted by molar-refractivity contribution is 0.0690. The lowest BCUT2D eigenvalue weighted by Crippen LogP contribution is -2.05. The van der Waals surface area contributed by atoms with Crippen molar-refractivity contribution in [1.29, 1.82) is 0 Å². The summed E-state index contributed by atoms with van der Waals surface area (Å²) in [6.45, 7) is 3.90. The lowest BCUT2D eigenvalue weighted by atomic mass is 10.2. The predicted molar refractivity (Wildman–Crippen MR) is 69.6 cm³/mol. The van der Waals surface area contributed by atoms with E-state index in [-0.39, 0.29) is 5.69 Å². The lowest BCUT2D eigenvalue weighted by Gasteiger charge is -2.09. The van der Waals surface area contributed by atoms with E-state index in [1.54, 1.807) is 22.9 Å². The molecule has 1 aromatic heterocycles. The van der Waals surface area contributed by atoms with E-state index in [4.69, 9.17) is 16.7 Å². The molecule has 0 spiro atoms. The summed E-state index contributed by atoms with van der Waals surface area (Å²) in [5.41, 5.74) is 2.70. The van der Waals surface area contributed by atoms with Crippen LogP contribution < -0.4 is 0 Å². The first-order valence-electron chi connectivity index (χ1n) is 5.61. The Morgan fingerprint density at radius 3 is 2.78 bits per heavy atom. The van der Waals surface area contributed by atoms with Crippen LogP contribution >= 0.6 is 11.6 Å². The first-order valence-corrected chi connectivity index (χ1v) is 5.99. The molecule has 0 radical (unpaired) electrons. The van der Waals surface area contributed by atoms with Crippen molar-refractivity contribution in [2.24, 2.45) is 0 Å². The molecule has 0 saturated carbocycles. The van der Waals surface area contributed by atoms with Gasteiger partial charge in [0.1, 0.15) is 0 Å². The van der Waals surface area contributed by atoms with E-state index in [0.717, 1.165) is 16.9 Å². The van der Waals surface area contributed by atoms with Gasteiger partial charge in [0.05, 0.1) is 5.69 Å². The van der Waals surface area contributed by atoms with Gasteiger partial charge >= 0.3 is 5.97 Å². The van der Waals surface area contributed by atoms with Crippen molar-refractivity contribution in [1.82, 2.24) is 9.78 Å². The largest absolute Gasteiger partial charge is 0.476 e. The Morgan fingerprint density at radius 1 is 1.44 bits per heavy atom. The number of carboxylic acid groups (broad SMARTS) is 1. The van der Waals surface area contributed by atoms with E-state index >= 15 is 0 Å². The first kappa shape index (κ1) is 12.6. The Balaban J connectivity index is 2.62. The third-order valence-electron chi connectivity index (χ3n) is 2.76. The number of aromatic nitrogens is 2. The molecular formula is C13H13ClN2O2. The van der Waals surface area contributed by atoms with Gasteiger partial charge in [-0.15, -0.1) is 0 Å². The topological polar surface area (TPSA) is 55.1 Å². The van der Waals surface area contributed by atoms with Gasteiger partial charge < -0.3 is 5.11 Å². The van der Waals surface area contributed by atoms with E-state index in [1.165, 1.54) is 0 Å². The van der Waals surface area contributed by atoms with E-state index in [2.05, 4.69) is 5.10 Å². The van der Waals surface area contributed by atoms with Crippen molar-refractivity contribution in [3.8, 4) is 5.69 Å². The third kappa shape index (κ3) is 2.24. The highest BCUT2D eigenvalue weighted by atomic mass is 35.5. The molecule has 0 bridgehead atoms. The minimum absolute atomic E-state index is 0.0474. The van der Waals surface area contributed by atoms with Crippen molar-refractivity contribution in [3.05, 3.63) is 46.2 Å². The van der Waals surface area contributed by atoms with E-state index in [0.29, 0.717) is 11.4 Å². The van der Waals surface area contributed by atoms with Gasteiger partial charge in [-0.3, -0.25) is 0 Å². The molecule has 1 aromatic carbocycles. The Labute approximate surface area is 110 Å². The molecule has 4 nitrogen and oxygen atoms in total. The normalized spacial score (nSPS) is 10.6. The summed E-state index contributed by atoms with van der Waals surface area (Å²) in [5.74, 6) is -1.02. The van der Waals surface area contributed by atoms with Gasteiger partial charge in [0.15, 0.2) is 5.69 Å². The monoisotopic (exact) mass is 264 g/mol. The average molecular weight is 265 g/mol. The number of carboxylic acids is 1. The molecule has 94 valence electrons. The molecule has 0 aliphatic rings. The zero-order valence-corrected chi connectivity index (χ0v) is 10.9. The SMILES string of the molecule is CCc1cc(C(=O)O)nn1-c1cc(Cl)ccc1C. The number of carbonyl (C=O) groups is 1. The Morgan fingerprint density at radius 2 is 2.17 bits per heavy atom. The Bertz CT molecular complexity index is 605. The number of hydrogen-bond acceptors (Lipinski definition) is 2. The van der Waals surface area contributed by atoms with Crippen LogP contribution in [-0.2, 0) is 6.42 Å².